The minimum absolute atomic E-state index is 0.0727. The van der Waals surface area contributed by atoms with Crippen molar-refractivity contribution in [2.24, 2.45) is 0 Å². The average Bonchev–Trinajstić information content (AvgIpc) is 3.30. The molecule has 0 heterocycles. The second-order valence-corrected chi connectivity index (χ2v) is 19.2. The minimum atomic E-state index is -0.774. The molecule has 0 bridgehead atoms. The summed E-state index contributed by atoms with van der Waals surface area (Å²) in [7, 11) is 0. The number of hydrogen-bond acceptors (Lipinski definition) is 6. The zero-order chi connectivity index (χ0) is 47.2. The summed E-state index contributed by atoms with van der Waals surface area (Å²) in [5.41, 5.74) is 0. The number of unbranched alkanes of at least 4 members (excludes halogenated alkanes) is 35. The molecule has 0 aromatic heterocycles. The molecule has 0 aromatic rings. The second kappa shape index (κ2) is 54.2. The molecule has 1 atom stereocenters. The van der Waals surface area contributed by atoms with Crippen LogP contribution in [0, 0.1) is 0 Å². The Hall–Kier alpha value is -2.37. The Morgan fingerprint density at radius 1 is 0.323 bits per heavy atom. The molecule has 0 aliphatic carbocycles. The number of carbonyl (C=O) groups is 3. The van der Waals surface area contributed by atoms with Gasteiger partial charge < -0.3 is 14.2 Å². The highest BCUT2D eigenvalue weighted by molar-refractivity contribution is 5.71. The average molecular weight is 914 g/mol. The first-order chi connectivity index (χ1) is 32.0. The molecule has 0 aliphatic rings. The van der Waals surface area contributed by atoms with Crippen LogP contribution in [0.5, 0.6) is 0 Å². The smallest absolute Gasteiger partial charge is 0.306 e. The third-order valence-electron chi connectivity index (χ3n) is 12.7. The van der Waals surface area contributed by atoms with Crippen molar-refractivity contribution in [3.8, 4) is 0 Å². The number of hydrogen-bond donors (Lipinski definition) is 0. The maximum absolute atomic E-state index is 12.8. The number of ether oxygens (including phenoxy) is 3. The van der Waals surface area contributed by atoms with Crippen molar-refractivity contribution >= 4 is 17.9 Å². The SMILES string of the molecule is CC/C=C\C/C=C\C/C=C\CCCCCCCC(=O)OCC(COC(=O)CCCCCCCCCCCCCCCCCC)OC(=O)CCCCCCCCCCCCCCCCCC. The summed E-state index contributed by atoms with van der Waals surface area (Å²) in [4.78, 5) is 38.1. The monoisotopic (exact) mass is 913 g/mol. The van der Waals surface area contributed by atoms with Crippen LogP contribution in [0.2, 0.25) is 0 Å². The van der Waals surface area contributed by atoms with Gasteiger partial charge in [0.25, 0.3) is 0 Å². The van der Waals surface area contributed by atoms with Gasteiger partial charge in [0.15, 0.2) is 6.10 Å². The maximum atomic E-state index is 12.8. The Morgan fingerprint density at radius 2 is 0.600 bits per heavy atom. The molecule has 0 radical (unpaired) electrons. The van der Waals surface area contributed by atoms with E-state index >= 15 is 0 Å². The summed E-state index contributed by atoms with van der Waals surface area (Å²) in [5.74, 6) is -0.871. The topological polar surface area (TPSA) is 78.9 Å². The van der Waals surface area contributed by atoms with Gasteiger partial charge in [-0.3, -0.25) is 14.4 Å². The molecule has 0 N–H and O–H groups in total. The van der Waals surface area contributed by atoms with E-state index in [1.54, 1.807) is 0 Å². The van der Waals surface area contributed by atoms with Crippen LogP contribution < -0.4 is 0 Å². The van der Waals surface area contributed by atoms with Gasteiger partial charge in [0.2, 0.25) is 0 Å². The van der Waals surface area contributed by atoms with Crippen molar-refractivity contribution < 1.29 is 28.6 Å². The van der Waals surface area contributed by atoms with E-state index in [-0.39, 0.29) is 31.1 Å². The fourth-order valence-corrected chi connectivity index (χ4v) is 8.40. The van der Waals surface area contributed by atoms with Crippen LogP contribution in [0.25, 0.3) is 0 Å². The molecule has 0 aromatic carbocycles. The third-order valence-corrected chi connectivity index (χ3v) is 12.7. The van der Waals surface area contributed by atoms with Crippen molar-refractivity contribution in [1.29, 1.82) is 0 Å². The van der Waals surface area contributed by atoms with Gasteiger partial charge in [0, 0.05) is 19.3 Å². The van der Waals surface area contributed by atoms with Crippen molar-refractivity contribution in [3.63, 3.8) is 0 Å². The Morgan fingerprint density at radius 3 is 0.938 bits per heavy atom. The van der Waals surface area contributed by atoms with Gasteiger partial charge >= 0.3 is 17.9 Å². The fourth-order valence-electron chi connectivity index (χ4n) is 8.40. The van der Waals surface area contributed by atoms with Crippen LogP contribution in [0.3, 0.4) is 0 Å². The number of esters is 3. The first kappa shape index (κ1) is 62.6. The lowest BCUT2D eigenvalue weighted by atomic mass is 10.0. The molecule has 0 saturated heterocycles. The summed E-state index contributed by atoms with van der Waals surface area (Å²) in [5, 5.41) is 0. The van der Waals surface area contributed by atoms with E-state index < -0.39 is 6.10 Å². The Kier molecular flexibility index (Phi) is 52.3. The maximum Gasteiger partial charge on any atom is 0.306 e. The lowest BCUT2D eigenvalue weighted by Crippen LogP contribution is -2.30. The highest BCUT2D eigenvalue weighted by atomic mass is 16.6. The van der Waals surface area contributed by atoms with E-state index in [9.17, 15) is 14.4 Å². The van der Waals surface area contributed by atoms with Crippen molar-refractivity contribution in [3.05, 3.63) is 36.5 Å². The normalized spacial score (nSPS) is 12.2. The molecule has 0 spiro atoms. The van der Waals surface area contributed by atoms with E-state index in [0.29, 0.717) is 19.3 Å². The van der Waals surface area contributed by atoms with E-state index in [2.05, 4.69) is 57.2 Å². The van der Waals surface area contributed by atoms with Crippen LogP contribution >= 0.6 is 0 Å². The minimum Gasteiger partial charge on any atom is -0.462 e. The molecule has 65 heavy (non-hydrogen) atoms. The summed E-state index contributed by atoms with van der Waals surface area (Å²) >= 11 is 0. The van der Waals surface area contributed by atoms with Gasteiger partial charge in [0.05, 0.1) is 0 Å². The lowest BCUT2D eigenvalue weighted by molar-refractivity contribution is -0.167. The van der Waals surface area contributed by atoms with Crippen LogP contribution in [0.1, 0.15) is 303 Å². The molecule has 0 rings (SSSR count). The first-order valence-corrected chi connectivity index (χ1v) is 28.5. The fraction of sp³-hybridized carbons (Fsp3) is 0.847. The summed E-state index contributed by atoms with van der Waals surface area (Å²) in [6, 6.07) is 0. The molecule has 6 nitrogen and oxygen atoms in total. The van der Waals surface area contributed by atoms with Gasteiger partial charge in [0.1, 0.15) is 13.2 Å². The van der Waals surface area contributed by atoms with E-state index in [1.165, 1.54) is 167 Å². The van der Waals surface area contributed by atoms with Crippen LogP contribution in [-0.4, -0.2) is 37.2 Å². The largest absolute Gasteiger partial charge is 0.462 e. The Labute approximate surface area is 404 Å². The van der Waals surface area contributed by atoms with Gasteiger partial charge in [-0.2, -0.15) is 0 Å². The lowest BCUT2D eigenvalue weighted by Gasteiger charge is -2.18. The van der Waals surface area contributed by atoms with Crippen LogP contribution in [0.4, 0.5) is 0 Å². The standard InChI is InChI=1S/C59H108O6/c1-4-7-10-13-16-19-22-25-28-31-34-37-40-43-46-49-52-58(61)64-55-56(54-63-57(60)51-48-45-42-39-36-33-30-27-24-21-18-15-12-9-6-3)65-59(62)53-50-47-44-41-38-35-32-29-26-23-20-17-14-11-8-5-2/h9,12,18,21,27,30,56H,4-8,10-11,13-17,19-20,22-26,28-29,31-55H2,1-3H3/b12-9-,21-18-,30-27-. The Balaban J connectivity index is 4.35. The highest BCUT2D eigenvalue weighted by Crippen LogP contribution is 2.17. The van der Waals surface area contributed by atoms with Gasteiger partial charge in [-0.1, -0.05) is 269 Å². The Bertz CT molecular complexity index is 1090. The van der Waals surface area contributed by atoms with Crippen molar-refractivity contribution in [1.82, 2.24) is 0 Å². The summed E-state index contributed by atoms with van der Waals surface area (Å²) < 4.78 is 16.9. The zero-order valence-electron chi connectivity index (χ0n) is 43.5. The number of allylic oxidation sites excluding steroid dienone is 6. The van der Waals surface area contributed by atoms with Crippen molar-refractivity contribution in [2.75, 3.05) is 13.2 Å². The zero-order valence-corrected chi connectivity index (χ0v) is 43.5. The molecule has 6 heteroatoms. The first-order valence-electron chi connectivity index (χ1n) is 28.5. The summed E-state index contributed by atoms with van der Waals surface area (Å²) in [6.07, 6.45) is 64.2. The predicted molar refractivity (Wildman–Crippen MR) is 279 cm³/mol. The van der Waals surface area contributed by atoms with Crippen LogP contribution in [0.15, 0.2) is 36.5 Å². The highest BCUT2D eigenvalue weighted by Gasteiger charge is 2.19. The molecule has 0 aliphatic heterocycles. The second-order valence-electron chi connectivity index (χ2n) is 19.2. The van der Waals surface area contributed by atoms with E-state index in [0.717, 1.165) is 96.3 Å². The third kappa shape index (κ3) is 52.5. The predicted octanol–water partition coefficient (Wildman–Crippen LogP) is 18.9. The molecule has 380 valence electrons. The van der Waals surface area contributed by atoms with Gasteiger partial charge in [-0.05, 0) is 51.4 Å². The quantitative estimate of drug-likeness (QED) is 0.0262. The van der Waals surface area contributed by atoms with Gasteiger partial charge in [-0.25, -0.2) is 0 Å². The van der Waals surface area contributed by atoms with E-state index in [4.69, 9.17) is 14.2 Å². The number of carbonyl (C=O) groups excluding carboxylic acids is 3. The van der Waals surface area contributed by atoms with Crippen LogP contribution in [-0.2, 0) is 28.6 Å². The van der Waals surface area contributed by atoms with E-state index in [1.807, 2.05) is 0 Å². The number of rotatable bonds is 52. The molecular formula is C59H108O6. The molecule has 0 saturated carbocycles. The molecular weight excluding hydrogens is 805 g/mol. The molecule has 0 amide bonds. The van der Waals surface area contributed by atoms with Crippen molar-refractivity contribution in [2.45, 2.75) is 309 Å². The molecule has 0 fully saturated rings. The van der Waals surface area contributed by atoms with Gasteiger partial charge in [-0.15, -0.1) is 0 Å². The summed E-state index contributed by atoms with van der Waals surface area (Å²) in [6.45, 7) is 6.56. The molecule has 1 unspecified atom stereocenters.